The fraction of sp³-hybridized carbons (Fsp3) is 0.571. The van der Waals surface area contributed by atoms with Gasteiger partial charge in [-0.3, -0.25) is 0 Å². The van der Waals surface area contributed by atoms with Crippen LogP contribution in [-0.4, -0.2) is 10.2 Å². The van der Waals surface area contributed by atoms with Crippen molar-refractivity contribution in [3.05, 3.63) is 46.5 Å². The van der Waals surface area contributed by atoms with Crippen molar-refractivity contribution in [1.82, 2.24) is 0 Å². The Morgan fingerprint density at radius 2 is 0.871 bits per heavy atom. The van der Waals surface area contributed by atoms with Crippen LogP contribution in [0.15, 0.2) is 34.1 Å². The summed E-state index contributed by atoms with van der Waals surface area (Å²) in [6.45, 7) is 17.8. The fourth-order valence-electron chi connectivity index (χ4n) is 4.17. The lowest BCUT2D eigenvalue weighted by atomic mass is 9.92. The maximum Gasteiger partial charge on any atom is 0.129 e. The third-order valence-corrected chi connectivity index (χ3v) is 6.68. The molecule has 172 valence electrons. The van der Waals surface area contributed by atoms with Crippen LogP contribution in [0.3, 0.4) is 0 Å². The van der Waals surface area contributed by atoms with Crippen molar-refractivity contribution in [1.29, 1.82) is 0 Å². The Morgan fingerprint density at radius 1 is 0.548 bits per heavy atom. The largest absolute Gasteiger partial charge is 0.507 e. The standard InChI is InChI=1S/C28H42O2S/c1-17(2)13-21-9-11-25(29)27(23(21)15-19(5)6)31-28-24(16-20(7)8)22(14-18(3)4)10-12-26(28)30/h9-12,17-20,29-30H,13-16H2,1-8H3. The predicted octanol–water partition coefficient (Wildman–Crippen LogP) is 8.04. The van der Waals surface area contributed by atoms with Gasteiger partial charge in [0.2, 0.25) is 0 Å². The van der Waals surface area contributed by atoms with Gasteiger partial charge in [-0.25, -0.2) is 0 Å². The van der Waals surface area contributed by atoms with Gasteiger partial charge in [0.05, 0.1) is 9.79 Å². The van der Waals surface area contributed by atoms with Gasteiger partial charge in [0.15, 0.2) is 0 Å². The summed E-state index contributed by atoms with van der Waals surface area (Å²) in [6.07, 6.45) is 3.83. The highest BCUT2D eigenvalue weighted by Crippen LogP contribution is 2.46. The zero-order chi connectivity index (χ0) is 23.3. The summed E-state index contributed by atoms with van der Waals surface area (Å²) in [5.74, 6) is 2.71. The van der Waals surface area contributed by atoms with Gasteiger partial charge in [-0.05, 0) is 83.7 Å². The average molecular weight is 443 g/mol. The summed E-state index contributed by atoms with van der Waals surface area (Å²) in [6, 6.07) is 7.84. The number of rotatable bonds is 10. The maximum atomic E-state index is 10.9. The molecule has 2 aromatic rings. The molecule has 0 heterocycles. The highest BCUT2D eigenvalue weighted by atomic mass is 32.2. The van der Waals surface area contributed by atoms with Crippen LogP contribution >= 0.6 is 11.8 Å². The second-order valence-electron chi connectivity index (χ2n) is 10.6. The molecule has 0 unspecified atom stereocenters. The van der Waals surface area contributed by atoms with Gasteiger partial charge in [0, 0.05) is 0 Å². The molecule has 2 N–H and O–H groups in total. The summed E-state index contributed by atoms with van der Waals surface area (Å²) < 4.78 is 0. The van der Waals surface area contributed by atoms with Crippen LogP contribution < -0.4 is 0 Å². The van der Waals surface area contributed by atoms with Crippen molar-refractivity contribution >= 4 is 11.8 Å². The van der Waals surface area contributed by atoms with Crippen molar-refractivity contribution in [2.45, 2.75) is 90.9 Å². The van der Waals surface area contributed by atoms with E-state index >= 15 is 0 Å². The zero-order valence-electron chi connectivity index (χ0n) is 20.7. The molecule has 0 amide bonds. The lowest BCUT2D eigenvalue weighted by Gasteiger charge is -2.22. The van der Waals surface area contributed by atoms with Crippen molar-refractivity contribution < 1.29 is 10.2 Å². The van der Waals surface area contributed by atoms with E-state index in [1.54, 1.807) is 11.8 Å². The second-order valence-corrected chi connectivity index (χ2v) is 11.6. The summed E-state index contributed by atoms with van der Waals surface area (Å²) in [5, 5.41) is 21.8. The predicted molar refractivity (Wildman–Crippen MR) is 135 cm³/mol. The minimum absolute atomic E-state index is 0.317. The Kier molecular flexibility index (Phi) is 9.36. The molecule has 0 aliphatic rings. The third kappa shape index (κ3) is 7.20. The average Bonchev–Trinajstić information content (AvgIpc) is 2.63. The molecular formula is C28H42O2S. The molecule has 2 aromatic carbocycles. The van der Waals surface area contributed by atoms with Gasteiger partial charge < -0.3 is 10.2 Å². The molecule has 0 fully saturated rings. The first-order valence-corrected chi connectivity index (χ1v) is 12.7. The van der Waals surface area contributed by atoms with Crippen molar-refractivity contribution in [3.63, 3.8) is 0 Å². The van der Waals surface area contributed by atoms with Gasteiger partial charge >= 0.3 is 0 Å². The quantitative estimate of drug-likeness (QED) is 0.391. The Hall–Kier alpha value is -1.61. The lowest BCUT2D eigenvalue weighted by molar-refractivity contribution is 0.455. The van der Waals surface area contributed by atoms with Crippen LogP contribution in [0.5, 0.6) is 11.5 Å². The lowest BCUT2D eigenvalue weighted by Crippen LogP contribution is -2.07. The van der Waals surface area contributed by atoms with Crippen molar-refractivity contribution in [3.8, 4) is 11.5 Å². The molecule has 0 aromatic heterocycles. The van der Waals surface area contributed by atoms with Crippen LogP contribution in [0.2, 0.25) is 0 Å². The number of aromatic hydroxyl groups is 2. The van der Waals surface area contributed by atoms with E-state index in [-0.39, 0.29) is 0 Å². The minimum atomic E-state index is 0.317. The van der Waals surface area contributed by atoms with Gasteiger partial charge in [-0.2, -0.15) is 0 Å². The molecule has 2 nitrogen and oxygen atoms in total. The van der Waals surface area contributed by atoms with Gasteiger partial charge in [0.1, 0.15) is 11.5 Å². The topological polar surface area (TPSA) is 40.5 Å². The molecular weight excluding hydrogens is 400 g/mol. The molecule has 0 saturated heterocycles. The van der Waals surface area contributed by atoms with E-state index < -0.39 is 0 Å². The minimum Gasteiger partial charge on any atom is -0.507 e. The van der Waals surface area contributed by atoms with Crippen LogP contribution in [-0.2, 0) is 25.7 Å². The van der Waals surface area contributed by atoms with E-state index in [0.29, 0.717) is 35.2 Å². The number of phenols is 2. The Labute approximate surface area is 194 Å². The Bertz CT molecular complexity index is 794. The molecule has 0 radical (unpaired) electrons. The van der Waals surface area contributed by atoms with Crippen molar-refractivity contribution in [2.24, 2.45) is 23.7 Å². The van der Waals surface area contributed by atoms with Gasteiger partial charge in [-0.15, -0.1) is 0 Å². The zero-order valence-corrected chi connectivity index (χ0v) is 21.6. The molecule has 0 aliphatic heterocycles. The number of phenolic OH excluding ortho intramolecular Hbond substituents is 2. The summed E-state index contributed by atoms with van der Waals surface area (Å²) >= 11 is 1.56. The Morgan fingerprint density at radius 3 is 1.16 bits per heavy atom. The normalized spacial score (nSPS) is 12.0. The first kappa shape index (κ1) is 25.6. The third-order valence-electron chi connectivity index (χ3n) is 5.36. The molecule has 3 heteroatoms. The van der Waals surface area contributed by atoms with E-state index in [2.05, 4.69) is 67.5 Å². The van der Waals surface area contributed by atoms with Crippen LogP contribution in [0.25, 0.3) is 0 Å². The first-order valence-electron chi connectivity index (χ1n) is 11.8. The monoisotopic (exact) mass is 442 g/mol. The molecule has 2 rings (SSSR count). The number of hydrogen-bond acceptors (Lipinski definition) is 3. The van der Waals surface area contributed by atoms with Crippen LogP contribution in [0, 0.1) is 23.7 Å². The fourth-order valence-corrected chi connectivity index (χ4v) is 5.39. The Balaban J connectivity index is 2.66. The SMILES string of the molecule is CC(C)Cc1ccc(O)c(Sc2c(O)ccc(CC(C)C)c2CC(C)C)c1CC(C)C. The van der Waals surface area contributed by atoms with E-state index in [9.17, 15) is 10.2 Å². The first-order chi connectivity index (χ1) is 14.5. The molecule has 0 bridgehead atoms. The number of benzene rings is 2. The van der Waals surface area contributed by atoms with Crippen molar-refractivity contribution in [2.75, 3.05) is 0 Å². The molecule has 0 aliphatic carbocycles. The summed E-state index contributed by atoms with van der Waals surface area (Å²) in [4.78, 5) is 1.82. The van der Waals surface area contributed by atoms with E-state index in [0.717, 1.165) is 35.5 Å². The molecule has 0 spiro atoms. The summed E-state index contributed by atoms with van der Waals surface area (Å²) in [5.41, 5.74) is 5.09. The summed E-state index contributed by atoms with van der Waals surface area (Å²) in [7, 11) is 0. The van der Waals surface area contributed by atoms with E-state index in [1.807, 2.05) is 12.1 Å². The molecule has 31 heavy (non-hydrogen) atoms. The van der Waals surface area contributed by atoms with Crippen LogP contribution in [0.4, 0.5) is 0 Å². The van der Waals surface area contributed by atoms with Gasteiger partial charge in [0.25, 0.3) is 0 Å². The highest BCUT2D eigenvalue weighted by molar-refractivity contribution is 7.99. The highest BCUT2D eigenvalue weighted by Gasteiger charge is 2.21. The second kappa shape index (κ2) is 11.3. The maximum absolute atomic E-state index is 10.9. The smallest absolute Gasteiger partial charge is 0.129 e. The number of hydrogen-bond donors (Lipinski definition) is 2. The molecule has 0 atom stereocenters. The van der Waals surface area contributed by atoms with E-state index in [4.69, 9.17) is 0 Å². The van der Waals surface area contributed by atoms with Crippen LogP contribution in [0.1, 0.15) is 77.6 Å². The van der Waals surface area contributed by atoms with Gasteiger partial charge in [-0.1, -0.05) is 79.3 Å². The molecule has 0 saturated carbocycles. The van der Waals surface area contributed by atoms with E-state index in [1.165, 1.54) is 22.3 Å².